The van der Waals surface area contributed by atoms with Crippen LogP contribution in [-0.2, 0) is 4.79 Å². The van der Waals surface area contributed by atoms with Crippen LogP contribution in [0.3, 0.4) is 0 Å². The first-order valence-electron chi connectivity index (χ1n) is 6.45. The number of hydrogen-bond donors (Lipinski definition) is 3. The predicted molar refractivity (Wildman–Crippen MR) is 76.4 cm³/mol. The number of hydrogen-bond acceptors (Lipinski definition) is 4. The average molecular weight is 292 g/mol. The number of nitrogens with one attached hydrogen (secondary N) is 2. The van der Waals surface area contributed by atoms with Crippen molar-refractivity contribution in [2.24, 2.45) is 0 Å². The molecule has 1 aromatic heterocycles. The van der Waals surface area contributed by atoms with Crippen molar-refractivity contribution in [2.75, 3.05) is 13.2 Å². The first-order valence-corrected chi connectivity index (χ1v) is 7.33. The lowest BCUT2D eigenvalue weighted by atomic mass is 10.1. The number of rotatable bonds is 3. The Bertz CT molecular complexity index is 546. The van der Waals surface area contributed by atoms with Crippen LogP contribution in [0.2, 0.25) is 0 Å². The number of thiophene rings is 1. The van der Waals surface area contributed by atoms with Crippen LogP contribution in [-0.4, -0.2) is 36.1 Å². The highest BCUT2D eigenvalue weighted by atomic mass is 32.1. The Morgan fingerprint density at radius 3 is 3.15 bits per heavy atom. The maximum atomic E-state index is 12.2. The molecule has 106 valence electrons. The highest BCUT2D eigenvalue weighted by Crippen LogP contribution is 2.16. The van der Waals surface area contributed by atoms with E-state index < -0.39 is 0 Å². The Morgan fingerprint density at radius 2 is 2.45 bits per heavy atom. The first kappa shape index (κ1) is 14.6. The third kappa shape index (κ3) is 3.83. The molecule has 20 heavy (non-hydrogen) atoms. The molecule has 0 aromatic carbocycles. The van der Waals surface area contributed by atoms with E-state index in [2.05, 4.69) is 22.5 Å². The molecule has 1 unspecified atom stereocenters. The molecule has 0 spiro atoms. The predicted octanol–water partition coefficient (Wildman–Crippen LogP) is 0.490. The van der Waals surface area contributed by atoms with Gasteiger partial charge in [0, 0.05) is 31.0 Å². The fourth-order valence-corrected chi connectivity index (χ4v) is 2.66. The molecule has 1 aliphatic rings. The molecule has 1 atom stereocenters. The second-order valence-electron chi connectivity index (χ2n) is 4.45. The van der Waals surface area contributed by atoms with Crippen molar-refractivity contribution in [1.29, 1.82) is 0 Å². The van der Waals surface area contributed by atoms with Gasteiger partial charge < -0.3 is 15.7 Å². The largest absolute Gasteiger partial charge is 0.395 e. The van der Waals surface area contributed by atoms with E-state index in [-0.39, 0.29) is 24.5 Å². The highest BCUT2D eigenvalue weighted by Gasteiger charge is 2.21. The van der Waals surface area contributed by atoms with Crippen molar-refractivity contribution < 1.29 is 14.7 Å². The van der Waals surface area contributed by atoms with E-state index in [1.165, 1.54) is 11.3 Å². The van der Waals surface area contributed by atoms with Crippen LogP contribution in [0.5, 0.6) is 0 Å². The highest BCUT2D eigenvalue weighted by molar-refractivity contribution is 7.12. The van der Waals surface area contributed by atoms with Gasteiger partial charge >= 0.3 is 0 Å². The Labute approximate surface area is 121 Å². The lowest BCUT2D eigenvalue weighted by molar-refractivity contribution is -0.122. The van der Waals surface area contributed by atoms with Gasteiger partial charge in [0.2, 0.25) is 5.91 Å². The van der Waals surface area contributed by atoms with Gasteiger partial charge in [-0.2, -0.15) is 0 Å². The van der Waals surface area contributed by atoms with Crippen LogP contribution in [0, 0.1) is 11.8 Å². The van der Waals surface area contributed by atoms with E-state index in [0.717, 1.165) is 0 Å². The van der Waals surface area contributed by atoms with Gasteiger partial charge in [0.05, 0.1) is 6.61 Å². The van der Waals surface area contributed by atoms with Crippen LogP contribution in [0.1, 0.15) is 34.5 Å². The maximum Gasteiger partial charge on any atom is 0.262 e. The number of carbonyl (C=O) groups excluding carboxylic acids is 2. The molecule has 1 aromatic rings. The number of carbonyl (C=O) groups is 2. The Balaban J connectivity index is 1.98. The van der Waals surface area contributed by atoms with Crippen molar-refractivity contribution in [3.63, 3.8) is 0 Å². The number of piperidine rings is 1. The van der Waals surface area contributed by atoms with Crippen LogP contribution in [0.25, 0.3) is 0 Å². The third-order valence-corrected chi connectivity index (χ3v) is 3.85. The number of amides is 2. The summed E-state index contributed by atoms with van der Waals surface area (Å²) in [6, 6.07) is 1.77. The summed E-state index contributed by atoms with van der Waals surface area (Å²) < 4.78 is 0. The van der Waals surface area contributed by atoms with Crippen molar-refractivity contribution in [3.8, 4) is 11.8 Å². The summed E-state index contributed by atoms with van der Waals surface area (Å²) in [4.78, 5) is 23.8. The van der Waals surface area contributed by atoms with E-state index in [9.17, 15) is 9.59 Å². The van der Waals surface area contributed by atoms with E-state index in [4.69, 9.17) is 5.11 Å². The lowest BCUT2D eigenvalue weighted by Gasteiger charge is -2.23. The summed E-state index contributed by atoms with van der Waals surface area (Å²) >= 11 is 1.34. The van der Waals surface area contributed by atoms with E-state index in [0.29, 0.717) is 36.2 Å². The van der Waals surface area contributed by atoms with E-state index >= 15 is 0 Å². The van der Waals surface area contributed by atoms with Crippen LogP contribution in [0.15, 0.2) is 11.4 Å². The SMILES string of the molecule is O=C1CCC(NC(=O)c2sccc2C#CCCO)CN1. The lowest BCUT2D eigenvalue weighted by Crippen LogP contribution is -2.47. The van der Waals surface area contributed by atoms with Gasteiger partial charge in [-0.05, 0) is 17.9 Å². The third-order valence-electron chi connectivity index (χ3n) is 2.93. The van der Waals surface area contributed by atoms with Gasteiger partial charge in [-0.15, -0.1) is 11.3 Å². The second-order valence-corrected chi connectivity index (χ2v) is 5.37. The Kier molecular flexibility index (Phi) is 5.16. The first-order chi connectivity index (χ1) is 9.70. The fraction of sp³-hybridized carbons (Fsp3) is 0.429. The Morgan fingerprint density at radius 1 is 1.60 bits per heavy atom. The zero-order chi connectivity index (χ0) is 14.4. The molecule has 0 bridgehead atoms. The molecular weight excluding hydrogens is 276 g/mol. The molecule has 3 N–H and O–H groups in total. The second kappa shape index (κ2) is 7.08. The molecule has 0 radical (unpaired) electrons. The monoisotopic (exact) mass is 292 g/mol. The van der Waals surface area contributed by atoms with Gasteiger partial charge in [-0.3, -0.25) is 9.59 Å². The summed E-state index contributed by atoms with van der Waals surface area (Å²) in [5.74, 6) is 5.57. The van der Waals surface area contributed by atoms with Crippen molar-refractivity contribution in [1.82, 2.24) is 10.6 Å². The summed E-state index contributed by atoms with van der Waals surface area (Å²) in [5.41, 5.74) is 0.681. The zero-order valence-electron chi connectivity index (χ0n) is 10.9. The zero-order valence-corrected chi connectivity index (χ0v) is 11.8. The molecule has 5 nitrogen and oxygen atoms in total. The van der Waals surface area contributed by atoms with Gasteiger partial charge in [-0.1, -0.05) is 11.8 Å². The Hall–Kier alpha value is -1.84. The van der Waals surface area contributed by atoms with Gasteiger partial charge in [-0.25, -0.2) is 0 Å². The van der Waals surface area contributed by atoms with Gasteiger partial charge in [0.15, 0.2) is 0 Å². The minimum absolute atomic E-state index is 0.0143. The quantitative estimate of drug-likeness (QED) is 0.710. The number of aliphatic hydroxyl groups is 1. The summed E-state index contributed by atoms with van der Waals surface area (Å²) in [5, 5.41) is 16.2. The average Bonchev–Trinajstić information content (AvgIpc) is 2.90. The molecular formula is C14H16N2O3S. The molecule has 2 heterocycles. The van der Waals surface area contributed by atoms with Crippen molar-refractivity contribution in [2.45, 2.75) is 25.3 Å². The fourth-order valence-electron chi connectivity index (χ4n) is 1.90. The molecule has 1 aliphatic heterocycles. The van der Waals surface area contributed by atoms with Crippen molar-refractivity contribution in [3.05, 3.63) is 21.9 Å². The molecule has 1 fully saturated rings. The molecule has 0 saturated carbocycles. The topological polar surface area (TPSA) is 78.4 Å². The normalized spacial score (nSPS) is 17.9. The van der Waals surface area contributed by atoms with Gasteiger partial charge in [0.1, 0.15) is 4.88 Å². The smallest absolute Gasteiger partial charge is 0.262 e. The van der Waals surface area contributed by atoms with E-state index in [1.54, 1.807) is 6.07 Å². The molecule has 2 amide bonds. The van der Waals surface area contributed by atoms with E-state index in [1.807, 2.05) is 5.38 Å². The molecule has 2 rings (SSSR count). The number of aliphatic hydroxyl groups excluding tert-OH is 1. The standard InChI is InChI=1S/C14H16N2O3S/c17-7-2-1-3-10-6-8-20-13(10)14(19)16-11-4-5-12(18)15-9-11/h6,8,11,17H,2,4-5,7,9H2,(H,15,18)(H,16,19). The molecule has 0 aliphatic carbocycles. The van der Waals surface area contributed by atoms with Crippen LogP contribution < -0.4 is 10.6 Å². The van der Waals surface area contributed by atoms with Crippen molar-refractivity contribution >= 4 is 23.2 Å². The maximum absolute atomic E-state index is 12.2. The minimum atomic E-state index is -0.158. The molecule has 6 heteroatoms. The van der Waals surface area contributed by atoms with Crippen LogP contribution >= 0.6 is 11.3 Å². The van der Waals surface area contributed by atoms with Crippen LogP contribution in [0.4, 0.5) is 0 Å². The summed E-state index contributed by atoms with van der Waals surface area (Å²) in [6.45, 7) is 0.488. The summed E-state index contributed by atoms with van der Waals surface area (Å²) in [6.07, 6.45) is 1.50. The molecule has 1 saturated heterocycles. The minimum Gasteiger partial charge on any atom is -0.395 e. The van der Waals surface area contributed by atoms with Gasteiger partial charge in [0.25, 0.3) is 5.91 Å². The summed E-state index contributed by atoms with van der Waals surface area (Å²) in [7, 11) is 0.